The summed E-state index contributed by atoms with van der Waals surface area (Å²) in [6, 6.07) is 2.67. The average Bonchev–Trinajstić information content (AvgIpc) is 2.85. The summed E-state index contributed by atoms with van der Waals surface area (Å²) in [6.45, 7) is 2.08. The highest BCUT2D eigenvalue weighted by molar-refractivity contribution is 6.32. The van der Waals surface area contributed by atoms with E-state index in [1.165, 1.54) is 6.92 Å². The van der Waals surface area contributed by atoms with Crippen LogP contribution in [0.3, 0.4) is 0 Å². The van der Waals surface area contributed by atoms with E-state index >= 15 is 0 Å². The molecule has 27 heavy (non-hydrogen) atoms. The first-order valence-electron chi connectivity index (χ1n) is 7.49. The van der Waals surface area contributed by atoms with Gasteiger partial charge in [0.05, 0.1) is 11.6 Å². The molecule has 0 bridgehead atoms. The van der Waals surface area contributed by atoms with Crippen LogP contribution in [0.4, 0.5) is 26.3 Å². The monoisotopic (exact) mass is 418 g/mol. The first kappa shape index (κ1) is 21.2. The minimum atomic E-state index is -4.97. The molecule has 0 unspecified atom stereocenters. The average molecular weight is 419 g/mol. The predicted octanol–water partition coefficient (Wildman–Crippen LogP) is 5.25. The van der Waals surface area contributed by atoms with Gasteiger partial charge in [0.25, 0.3) is 0 Å². The summed E-state index contributed by atoms with van der Waals surface area (Å²) in [5.74, 6) is -2.48. The molecule has 4 nitrogen and oxygen atoms in total. The Morgan fingerprint density at radius 1 is 1.26 bits per heavy atom. The summed E-state index contributed by atoms with van der Waals surface area (Å²) in [6.07, 6.45) is -10.6. The normalized spacial score (nSPS) is 20.5. The number of alkyl halides is 6. The van der Waals surface area contributed by atoms with E-state index in [0.29, 0.717) is 0 Å². The number of benzene rings is 1. The van der Waals surface area contributed by atoms with E-state index < -0.39 is 42.0 Å². The minimum Gasteiger partial charge on any atom is -0.470 e. The molecule has 0 fully saturated rings. The molecule has 1 aromatic rings. The second-order valence-electron chi connectivity index (χ2n) is 5.73. The fourth-order valence-electron chi connectivity index (χ4n) is 2.42. The van der Waals surface area contributed by atoms with Gasteiger partial charge in [-0.25, -0.2) is 4.79 Å². The van der Waals surface area contributed by atoms with E-state index in [0.717, 1.165) is 25.1 Å². The summed E-state index contributed by atoms with van der Waals surface area (Å²) in [5.41, 5.74) is -3.03. The summed E-state index contributed by atoms with van der Waals surface area (Å²) >= 11 is 5.92. The van der Waals surface area contributed by atoms with Crippen LogP contribution in [0.2, 0.25) is 5.02 Å². The molecule has 1 aliphatic heterocycles. The molecule has 0 radical (unpaired) electrons. The lowest BCUT2D eigenvalue weighted by molar-refractivity contribution is -0.274. The van der Waals surface area contributed by atoms with Gasteiger partial charge in [-0.3, -0.25) is 0 Å². The van der Waals surface area contributed by atoms with Crippen LogP contribution < -0.4 is 4.74 Å². The number of ether oxygens (including phenoxy) is 3. The Labute approximate surface area is 154 Å². The van der Waals surface area contributed by atoms with Crippen LogP contribution in [0, 0.1) is 0 Å². The summed E-state index contributed by atoms with van der Waals surface area (Å²) in [5, 5.41) is -0.344. The highest BCUT2D eigenvalue weighted by Gasteiger charge is 2.58. The van der Waals surface area contributed by atoms with Gasteiger partial charge in [0.15, 0.2) is 0 Å². The lowest BCUT2D eigenvalue weighted by Gasteiger charge is -2.27. The maximum atomic E-state index is 13.3. The van der Waals surface area contributed by atoms with Gasteiger partial charge >= 0.3 is 18.5 Å². The second kappa shape index (κ2) is 7.14. The van der Waals surface area contributed by atoms with E-state index in [4.69, 9.17) is 21.1 Å². The maximum absolute atomic E-state index is 13.3. The van der Waals surface area contributed by atoms with Crippen molar-refractivity contribution < 1.29 is 45.3 Å². The fourth-order valence-corrected chi connectivity index (χ4v) is 2.70. The van der Waals surface area contributed by atoms with Gasteiger partial charge in [-0.2, -0.15) is 13.2 Å². The molecule has 0 aliphatic carbocycles. The Hall–Kier alpha value is -2.10. The smallest absolute Gasteiger partial charge is 0.470 e. The molecule has 1 heterocycles. The molecule has 1 aromatic carbocycles. The van der Waals surface area contributed by atoms with Crippen LogP contribution in [0.1, 0.15) is 25.8 Å². The third kappa shape index (κ3) is 4.60. The molecule has 0 amide bonds. The van der Waals surface area contributed by atoms with Crippen molar-refractivity contribution in [1.29, 1.82) is 0 Å². The van der Waals surface area contributed by atoms with Crippen LogP contribution in [-0.2, 0) is 14.3 Å². The van der Waals surface area contributed by atoms with E-state index in [1.54, 1.807) is 0 Å². The minimum absolute atomic E-state index is 0.0952. The first-order chi connectivity index (χ1) is 12.3. The topological polar surface area (TPSA) is 44.8 Å². The third-order valence-corrected chi connectivity index (χ3v) is 3.99. The van der Waals surface area contributed by atoms with Crippen molar-refractivity contribution in [2.24, 2.45) is 0 Å². The Kier molecular flexibility index (Phi) is 5.61. The summed E-state index contributed by atoms with van der Waals surface area (Å²) in [4.78, 5) is 12.0. The molecule has 2 rings (SSSR count). The maximum Gasteiger partial charge on any atom is 0.573 e. The van der Waals surface area contributed by atoms with Crippen LogP contribution in [0.25, 0.3) is 5.57 Å². The van der Waals surface area contributed by atoms with Gasteiger partial charge in [0.1, 0.15) is 5.75 Å². The zero-order valence-corrected chi connectivity index (χ0v) is 14.7. The van der Waals surface area contributed by atoms with Gasteiger partial charge in [-0.15, -0.1) is 13.2 Å². The number of carbonyl (C=O) groups excluding carboxylic acids is 1. The van der Waals surface area contributed by atoms with Crippen molar-refractivity contribution in [3.05, 3.63) is 34.5 Å². The summed E-state index contributed by atoms with van der Waals surface area (Å²) in [7, 11) is 0. The van der Waals surface area contributed by atoms with Gasteiger partial charge in [0, 0.05) is 17.6 Å². The molecule has 1 aliphatic rings. The highest BCUT2D eigenvalue weighted by atomic mass is 35.5. The molecule has 1 atom stereocenters. The summed E-state index contributed by atoms with van der Waals surface area (Å²) < 4.78 is 90.1. The number of rotatable bonds is 4. The molecular weight excluding hydrogens is 406 g/mol. The molecule has 0 N–H and O–H groups in total. The van der Waals surface area contributed by atoms with Crippen molar-refractivity contribution in [3.8, 4) is 5.75 Å². The highest BCUT2D eigenvalue weighted by Crippen LogP contribution is 2.49. The molecule has 11 heteroatoms. The van der Waals surface area contributed by atoms with Gasteiger partial charge in [0.2, 0.25) is 11.4 Å². The molecule has 0 aromatic heterocycles. The first-order valence-corrected chi connectivity index (χ1v) is 7.87. The lowest BCUT2D eigenvalue weighted by Crippen LogP contribution is -2.42. The number of halogens is 7. The molecule has 150 valence electrons. The predicted molar refractivity (Wildman–Crippen MR) is 81.9 cm³/mol. The third-order valence-electron chi connectivity index (χ3n) is 3.68. The van der Waals surface area contributed by atoms with Gasteiger partial charge < -0.3 is 14.2 Å². The number of hydrogen-bond acceptors (Lipinski definition) is 4. The number of carbonyl (C=O) groups is 1. The van der Waals surface area contributed by atoms with Crippen molar-refractivity contribution in [2.75, 3.05) is 6.61 Å². The molecular formula is C16H13ClF6O4. The van der Waals surface area contributed by atoms with Crippen LogP contribution in [-0.4, -0.2) is 30.7 Å². The zero-order valence-electron chi connectivity index (χ0n) is 13.9. The SMILES string of the molecule is CCOC(=O)C1=C(c2ccc(OC(F)(F)F)cc2Cl)C[C@](C)(C(F)(F)F)O1. The van der Waals surface area contributed by atoms with E-state index in [1.807, 2.05) is 0 Å². The van der Waals surface area contributed by atoms with Crippen molar-refractivity contribution in [2.45, 2.75) is 38.4 Å². The largest absolute Gasteiger partial charge is 0.573 e. The number of esters is 1. The molecule has 0 saturated carbocycles. The van der Waals surface area contributed by atoms with Crippen LogP contribution >= 0.6 is 11.6 Å². The Morgan fingerprint density at radius 3 is 2.37 bits per heavy atom. The van der Waals surface area contributed by atoms with E-state index in [-0.39, 0.29) is 22.8 Å². The molecule has 0 saturated heterocycles. The quantitative estimate of drug-likeness (QED) is 0.494. The van der Waals surface area contributed by atoms with Crippen molar-refractivity contribution in [1.82, 2.24) is 0 Å². The zero-order chi connectivity index (χ0) is 20.6. The lowest BCUT2D eigenvalue weighted by atomic mass is 9.93. The standard InChI is InChI=1S/C16H13ClF6O4/c1-3-25-13(24)12-10(7-14(2,27-12)15(18,19)20)9-5-4-8(6-11(9)17)26-16(21,22)23/h4-6H,3,7H2,1-2H3/t14-/m1/s1. The Balaban J connectivity index is 2.48. The fraction of sp³-hybridized carbons (Fsp3) is 0.438. The van der Waals surface area contributed by atoms with Crippen molar-refractivity contribution >= 4 is 23.1 Å². The van der Waals surface area contributed by atoms with Crippen molar-refractivity contribution in [3.63, 3.8) is 0 Å². The van der Waals surface area contributed by atoms with Crippen LogP contribution in [0.5, 0.6) is 5.75 Å². The van der Waals surface area contributed by atoms with Gasteiger partial charge in [-0.1, -0.05) is 11.6 Å². The Morgan fingerprint density at radius 2 is 1.89 bits per heavy atom. The van der Waals surface area contributed by atoms with Gasteiger partial charge in [-0.05, 0) is 32.0 Å². The van der Waals surface area contributed by atoms with E-state index in [2.05, 4.69) is 4.74 Å². The van der Waals surface area contributed by atoms with Crippen LogP contribution in [0.15, 0.2) is 24.0 Å². The van der Waals surface area contributed by atoms with E-state index in [9.17, 15) is 31.1 Å². The molecule has 0 spiro atoms. The second-order valence-corrected chi connectivity index (χ2v) is 6.13. The number of hydrogen-bond donors (Lipinski definition) is 0. The Bertz CT molecular complexity index is 771.